The molecule has 0 N–H and O–H groups in total. The number of benzene rings is 2. The van der Waals surface area contributed by atoms with E-state index < -0.39 is 5.82 Å². The highest BCUT2D eigenvalue weighted by atomic mass is 19.1. The number of ether oxygens (including phenoxy) is 1. The van der Waals surface area contributed by atoms with Gasteiger partial charge in [-0.3, -0.25) is 9.67 Å². The summed E-state index contributed by atoms with van der Waals surface area (Å²) < 4.78 is 21.0. The number of methoxy groups -OCH3 is 1. The van der Waals surface area contributed by atoms with Gasteiger partial charge in [0, 0.05) is 17.5 Å². The van der Waals surface area contributed by atoms with Crippen LogP contribution >= 0.6 is 0 Å². The zero-order chi connectivity index (χ0) is 19.0. The fourth-order valence-electron chi connectivity index (χ4n) is 3.02. The number of aromatic nitrogens is 4. The minimum absolute atomic E-state index is 0.207. The first-order chi connectivity index (χ1) is 13.0. The van der Waals surface area contributed by atoms with Gasteiger partial charge in [-0.05, 0) is 44.4 Å². The number of hydrogen-bond acceptors (Lipinski definition) is 5. The molecule has 0 saturated heterocycles. The van der Waals surface area contributed by atoms with Crippen LogP contribution in [0.3, 0.4) is 0 Å². The van der Waals surface area contributed by atoms with Crippen LogP contribution in [0.25, 0.3) is 33.2 Å². The standard InChI is InChI=1S/C20H20FN5O/c1-25(2)6-7-26-19-10-17-16(9-14(19)11-23-26)22-12-18(24-17)13-4-5-20(27-3)15(21)8-13/h4-5,8-12H,6-7H2,1-3H3. The molecule has 2 aromatic heterocycles. The quantitative estimate of drug-likeness (QED) is 0.543. The van der Waals surface area contributed by atoms with Crippen molar-refractivity contribution in [3.8, 4) is 17.0 Å². The second-order valence-corrected chi connectivity index (χ2v) is 6.68. The van der Waals surface area contributed by atoms with Gasteiger partial charge >= 0.3 is 0 Å². The highest BCUT2D eigenvalue weighted by Crippen LogP contribution is 2.26. The van der Waals surface area contributed by atoms with Crippen molar-refractivity contribution in [2.75, 3.05) is 27.7 Å². The van der Waals surface area contributed by atoms with Gasteiger partial charge < -0.3 is 9.64 Å². The predicted molar refractivity (Wildman–Crippen MR) is 103 cm³/mol. The Bertz CT molecular complexity index is 1120. The molecule has 0 unspecified atom stereocenters. The van der Waals surface area contributed by atoms with Gasteiger partial charge in [-0.25, -0.2) is 9.37 Å². The number of hydrogen-bond donors (Lipinski definition) is 0. The van der Waals surface area contributed by atoms with Crippen LogP contribution in [0.2, 0.25) is 0 Å². The van der Waals surface area contributed by atoms with Crippen molar-refractivity contribution in [3.05, 3.63) is 48.5 Å². The topological polar surface area (TPSA) is 56.1 Å². The molecule has 6 nitrogen and oxygen atoms in total. The van der Waals surface area contributed by atoms with E-state index in [1.54, 1.807) is 18.3 Å². The highest BCUT2D eigenvalue weighted by Gasteiger charge is 2.10. The molecular weight excluding hydrogens is 345 g/mol. The van der Waals surface area contributed by atoms with Crippen molar-refractivity contribution < 1.29 is 9.13 Å². The average Bonchev–Trinajstić information content (AvgIpc) is 3.05. The molecule has 2 heterocycles. The lowest BCUT2D eigenvalue weighted by Crippen LogP contribution is -2.18. The zero-order valence-corrected chi connectivity index (χ0v) is 15.5. The van der Waals surface area contributed by atoms with Gasteiger partial charge in [-0.2, -0.15) is 5.10 Å². The fraction of sp³-hybridized carbons (Fsp3) is 0.250. The lowest BCUT2D eigenvalue weighted by Gasteiger charge is -2.10. The molecule has 0 fully saturated rings. The van der Waals surface area contributed by atoms with E-state index in [4.69, 9.17) is 4.74 Å². The minimum atomic E-state index is -0.422. The summed E-state index contributed by atoms with van der Waals surface area (Å²) in [7, 11) is 5.51. The molecule has 0 aliphatic heterocycles. The fourth-order valence-corrected chi connectivity index (χ4v) is 3.02. The molecule has 2 aromatic carbocycles. The van der Waals surface area contributed by atoms with Crippen LogP contribution in [0.15, 0.2) is 42.7 Å². The van der Waals surface area contributed by atoms with Crippen molar-refractivity contribution in [1.29, 1.82) is 0 Å². The van der Waals surface area contributed by atoms with Crippen LogP contribution in [0, 0.1) is 5.82 Å². The minimum Gasteiger partial charge on any atom is -0.494 e. The Morgan fingerprint density at radius 2 is 1.96 bits per heavy atom. The third-order valence-electron chi connectivity index (χ3n) is 4.51. The normalized spacial score (nSPS) is 11.6. The number of rotatable bonds is 5. The average molecular weight is 365 g/mol. The first kappa shape index (κ1) is 17.4. The van der Waals surface area contributed by atoms with Crippen molar-refractivity contribution >= 4 is 21.9 Å². The van der Waals surface area contributed by atoms with Gasteiger partial charge in [0.15, 0.2) is 11.6 Å². The van der Waals surface area contributed by atoms with Crippen molar-refractivity contribution in [1.82, 2.24) is 24.6 Å². The summed E-state index contributed by atoms with van der Waals surface area (Å²) in [5.41, 5.74) is 3.82. The Hall–Kier alpha value is -3.06. The monoisotopic (exact) mass is 365 g/mol. The Morgan fingerprint density at radius 1 is 1.11 bits per heavy atom. The summed E-state index contributed by atoms with van der Waals surface area (Å²) in [6, 6.07) is 8.75. The summed E-state index contributed by atoms with van der Waals surface area (Å²) in [6.07, 6.45) is 3.50. The van der Waals surface area contributed by atoms with Crippen molar-refractivity contribution in [2.45, 2.75) is 6.54 Å². The van der Waals surface area contributed by atoms with E-state index in [2.05, 4.69) is 20.0 Å². The molecule has 0 saturated carbocycles. The molecule has 0 aliphatic carbocycles. The van der Waals surface area contributed by atoms with Crippen LogP contribution in [0.5, 0.6) is 5.75 Å². The largest absolute Gasteiger partial charge is 0.494 e. The summed E-state index contributed by atoms with van der Waals surface area (Å²) in [5, 5.41) is 5.50. The molecule has 27 heavy (non-hydrogen) atoms. The maximum absolute atomic E-state index is 14.0. The Kier molecular flexibility index (Phi) is 4.45. The number of halogens is 1. The Labute approximate surface area is 156 Å². The molecule has 0 atom stereocenters. The van der Waals surface area contributed by atoms with Crippen LogP contribution < -0.4 is 4.74 Å². The molecule has 0 radical (unpaired) electrons. The maximum Gasteiger partial charge on any atom is 0.165 e. The van der Waals surface area contributed by atoms with E-state index in [-0.39, 0.29) is 5.75 Å². The number of likely N-dealkylation sites (N-methyl/N-ethyl adjacent to an activating group) is 1. The van der Waals surface area contributed by atoms with Gasteiger partial charge in [-0.15, -0.1) is 0 Å². The third kappa shape index (κ3) is 3.33. The zero-order valence-electron chi connectivity index (χ0n) is 15.5. The predicted octanol–water partition coefficient (Wildman–Crippen LogP) is 3.36. The van der Waals surface area contributed by atoms with Gasteiger partial charge in [0.2, 0.25) is 0 Å². The van der Waals surface area contributed by atoms with Crippen LogP contribution in [-0.4, -0.2) is 52.4 Å². The molecule has 0 bridgehead atoms. The summed E-state index contributed by atoms with van der Waals surface area (Å²) in [5.74, 6) is -0.215. The van der Waals surface area contributed by atoms with Crippen LogP contribution in [0.4, 0.5) is 4.39 Å². The van der Waals surface area contributed by atoms with E-state index in [1.807, 2.05) is 37.1 Å². The maximum atomic E-state index is 14.0. The molecule has 4 rings (SSSR count). The van der Waals surface area contributed by atoms with E-state index in [0.29, 0.717) is 11.3 Å². The van der Waals surface area contributed by atoms with Gasteiger partial charge in [0.25, 0.3) is 0 Å². The molecule has 138 valence electrons. The Morgan fingerprint density at radius 3 is 2.70 bits per heavy atom. The van der Waals surface area contributed by atoms with E-state index in [0.717, 1.165) is 35.0 Å². The molecule has 7 heteroatoms. The molecule has 0 spiro atoms. The Balaban J connectivity index is 1.77. The lowest BCUT2D eigenvalue weighted by molar-refractivity contribution is 0.377. The SMILES string of the molecule is COc1ccc(-c2cnc3cc4cnn(CCN(C)C)c4cc3n2)cc1F. The molecular formula is C20H20FN5O. The van der Waals surface area contributed by atoms with Gasteiger partial charge in [0.1, 0.15) is 0 Å². The van der Waals surface area contributed by atoms with Crippen LogP contribution in [-0.2, 0) is 6.54 Å². The smallest absolute Gasteiger partial charge is 0.165 e. The highest BCUT2D eigenvalue weighted by molar-refractivity contribution is 5.93. The van der Waals surface area contributed by atoms with Gasteiger partial charge in [0.05, 0.1) is 48.3 Å². The third-order valence-corrected chi connectivity index (χ3v) is 4.51. The van der Waals surface area contributed by atoms with Crippen molar-refractivity contribution in [2.24, 2.45) is 0 Å². The van der Waals surface area contributed by atoms with E-state index in [9.17, 15) is 4.39 Å². The number of fused-ring (bicyclic) bond motifs is 2. The molecule has 0 aliphatic rings. The summed E-state index contributed by atoms with van der Waals surface area (Å²) in [6.45, 7) is 1.68. The van der Waals surface area contributed by atoms with Crippen molar-refractivity contribution in [3.63, 3.8) is 0 Å². The van der Waals surface area contributed by atoms with Gasteiger partial charge in [-0.1, -0.05) is 0 Å². The lowest BCUT2D eigenvalue weighted by atomic mass is 10.1. The van der Waals surface area contributed by atoms with E-state index in [1.165, 1.54) is 13.2 Å². The molecule has 4 aromatic rings. The summed E-state index contributed by atoms with van der Waals surface area (Å²) >= 11 is 0. The second kappa shape index (κ2) is 6.92. The first-order valence-corrected chi connectivity index (χ1v) is 8.66. The second-order valence-electron chi connectivity index (χ2n) is 6.68. The van der Waals surface area contributed by atoms with Crippen LogP contribution in [0.1, 0.15) is 0 Å². The van der Waals surface area contributed by atoms with E-state index >= 15 is 0 Å². The summed E-state index contributed by atoms with van der Waals surface area (Å²) in [4.78, 5) is 11.3. The molecule has 0 amide bonds. The first-order valence-electron chi connectivity index (χ1n) is 8.66. The number of nitrogens with zero attached hydrogens (tertiary/aromatic N) is 5.